The molecule has 0 saturated heterocycles. The summed E-state index contributed by atoms with van der Waals surface area (Å²) in [6.45, 7) is 20.6. The molecule has 0 aliphatic rings. The first-order valence-corrected chi connectivity index (χ1v) is 15.5. The first-order chi connectivity index (χ1) is 20.1. The highest BCUT2D eigenvalue weighted by Crippen LogP contribution is 2.34. The number of halogens is 2. The summed E-state index contributed by atoms with van der Waals surface area (Å²) >= 11 is 0. The van der Waals surface area contributed by atoms with Crippen molar-refractivity contribution in [2.45, 2.75) is 119 Å². The Hall–Kier alpha value is -2.33. The van der Waals surface area contributed by atoms with Gasteiger partial charge in [-0.1, -0.05) is 66.4 Å². The van der Waals surface area contributed by atoms with Crippen LogP contribution in [0.3, 0.4) is 0 Å². The van der Waals surface area contributed by atoms with Crippen LogP contribution < -0.4 is 33.6 Å². The Morgan fingerprint density at radius 3 is 1.76 bits per heavy atom. The normalized spacial score (nSPS) is 10.8. The van der Waals surface area contributed by atoms with Gasteiger partial charge in [0.2, 0.25) is 0 Å². The summed E-state index contributed by atoms with van der Waals surface area (Å²) in [5.74, 6) is 0. The first kappa shape index (κ1) is 46.6. The van der Waals surface area contributed by atoms with Crippen molar-refractivity contribution in [2.24, 2.45) is 22.9 Å². The van der Waals surface area contributed by atoms with Gasteiger partial charge in [0.15, 0.2) is 0 Å². The van der Waals surface area contributed by atoms with Crippen molar-refractivity contribution in [1.82, 2.24) is 5.32 Å². The molecule has 0 amide bonds. The number of nitrogens with one attached hydrogen (secondary N) is 2. The molecule has 0 fully saturated rings. The van der Waals surface area contributed by atoms with E-state index in [1.54, 1.807) is 19.3 Å². The number of anilines is 1. The smallest absolute Gasteiger partial charge is 0.264 e. The summed E-state index contributed by atoms with van der Waals surface area (Å²) in [7, 11) is 1.77. The van der Waals surface area contributed by atoms with E-state index in [4.69, 9.17) is 27.7 Å². The third-order valence-corrected chi connectivity index (χ3v) is 6.22. The molecule has 0 saturated carbocycles. The van der Waals surface area contributed by atoms with Gasteiger partial charge in [0.1, 0.15) is 6.79 Å². The molecular formula is C33H66F2N6O. The maximum Gasteiger partial charge on any atom is 0.264 e. The van der Waals surface area contributed by atoms with Gasteiger partial charge in [0.05, 0.1) is 6.17 Å². The highest BCUT2D eigenvalue weighted by molar-refractivity contribution is 5.71. The fourth-order valence-electron chi connectivity index (χ4n) is 3.90. The van der Waals surface area contributed by atoms with Gasteiger partial charge in [-0.15, -0.1) is 0 Å². The van der Waals surface area contributed by atoms with Gasteiger partial charge in [-0.25, -0.2) is 8.78 Å². The summed E-state index contributed by atoms with van der Waals surface area (Å²) in [5.41, 5.74) is 27.2. The van der Waals surface area contributed by atoms with Gasteiger partial charge in [0.25, 0.3) is 6.43 Å². The zero-order valence-electron chi connectivity index (χ0n) is 28.3. The average molecular weight is 601 g/mol. The van der Waals surface area contributed by atoms with Crippen molar-refractivity contribution < 1.29 is 13.6 Å². The van der Waals surface area contributed by atoms with E-state index in [-0.39, 0.29) is 11.7 Å². The molecule has 1 aromatic carbocycles. The molecule has 0 aliphatic heterocycles. The molecule has 1 unspecified atom stereocenters. The predicted octanol–water partition coefficient (Wildman–Crippen LogP) is 7.26. The number of nitrogens with two attached hydrogens (primary N) is 4. The van der Waals surface area contributed by atoms with E-state index in [9.17, 15) is 8.78 Å². The minimum atomic E-state index is -2.55. The number of alkyl halides is 2. The van der Waals surface area contributed by atoms with Gasteiger partial charge in [-0.2, -0.15) is 0 Å². The molecule has 0 aliphatic carbocycles. The van der Waals surface area contributed by atoms with Crippen LogP contribution in [0.15, 0.2) is 29.5 Å². The van der Waals surface area contributed by atoms with Gasteiger partial charge in [-0.05, 0) is 106 Å². The number of carbonyl (C=O) groups is 1. The summed E-state index contributed by atoms with van der Waals surface area (Å²) in [6, 6.07) is 3.45. The maximum absolute atomic E-state index is 13.7. The van der Waals surface area contributed by atoms with E-state index in [1.807, 2.05) is 40.6 Å². The largest absolute Gasteiger partial charge is 0.394 e. The molecular weight excluding hydrogens is 534 g/mol. The fourth-order valence-corrected chi connectivity index (χ4v) is 3.90. The summed E-state index contributed by atoms with van der Waals surface area (Å²) in [5, 5.41) is 6.21. The number of unbranched alkanes of at least 4 members (excludes halogenated alkanes) is 2. The molecule has 0 spiro atoms. The van der Waals surface area contributed by atoms with Crippen LogP contribution in [0.2, 0.25) is 0 Å². The molecule has 0 heterocycles. The quantitative estimate of drug-likeness (QED) is 0.0706. The van der Waals surface area contributed by atoms with Crippen LogP contribution >= 0.6 is 0 Å². The van der Waals surface area contributed by atoms with E-state index < -0.39 is 6.43 Å². The average Bonchev–Trinajstić information content (AvgIpc) is 3.00. The zero-order valence-corrected chi connectivity index (χ0v) is 28.3. The Morgan fingerprint density at radius 1 is 0.905 bits per heavy atom. The monoisotopic (exact) mass is 601 g/mol. The Balaban J connectivity index is -0.000000398. The van der Waals surface area contributed by atoms with E-state index in [1.165, 1.54) is 24.8 Å². The SMILES string of the molecule is C=O.CC.CCCCCN.CCCc1cc(/C(C)=C/NC)c(C(F)F)cc1NC(N)C(C)=C(CC)CC.NCCCN. The molecule has 9 heteroatoms. The molecule has 1 rings (SSSR count). The Morgan fingerprint density at radius 2 is 1.43 bits per heavy atom. The summed E-state index contributed by atoms with van der Waals surface area (Å²) in [6.07, 6.45) is 7.11. The fraction of sp³-hybridized carbons (Fsp3) is 0.667. The number of benzene rings is 1. The standard InChI is InChI=1S/C22H35F2N3.C5H13N.C3H10N2.C2H6.CH2O/c1-7-10-17-11-18(14(4)13-26-6)19(21(23)24)12-20(17)27-22(25)15(5)16(8-2)9-3;1-2-3-4-5-6;4-2-1-3-5;2*1-2/h11-13,21-22,26-27H,7-10,25H2,1-6H3;2-6H2,1H3;1-5H2;1-2H3;1H2/b14-13+;;;;. The highest BCUT2D eigenvalue weighted by Gasteiger charge is 2.19. The van der Waals surface area contributed by atoms with Crippen LogP contribution in [0, 0.1) is 0 Å². The lowest BCUT2D eigenvalue weighted by Crippen LogP contribution is -2.32. The molecule has 42 heavy (non-hydrogen) atoms. The second-order valence-electron chi connectivity index (χ2n) is 9.31. The lowest BCUT2D eigenvalue weighted by atomic mass is 9.94. The van der Waals surface area contributed by atoms with E-state index in [0.717, 1.165) is 68.4 Å². The number of allylic oxidation sites excluding steroid dienone is 2. The molecule has 0 bridgehead atoms. The lowest BCUT2D eigenvalue weighted by Gasteiger charge is -2.23. The Labute approximate surface area is 257 Å². The van der Waals surface area contributed by atoms with E-state index in [2.05, 4.69) is 38.3 Å². The second kappa shape index (κ2) is 33.2. The van der Waals surface area contributed by atoms with Crippen LogP contribution in [0.4, 0.5) is 14.5 Å². The maximum atomic E-state index is 13.7. The Bertz CT molecular complexity index is 804. The van der Waals surface area contributed by atoms with Gasteiger partial charge >= 0.3 is 0 Å². The topological polar surface area (TPSA) is 145 Å². The van der Waals surface area contributed by atoms with Crippen LogP contribution in [-0.2, 0) is 11.2 Å². The van der Waals surface area contributed by atoms with Crippen LogP contribution in [-0.4, -0.2) is 39.6 Å². The first-order valence-electron chi connectivity index (χ1n) is 15.5. The van der Waals surface area contributed by atoms with Crippen molar-refractivity contribution in [3.05, 3.63) is 46.2 Å². The molecule has 1 atom stereocenters. The second-order valence-corrected chi connectivity index (χ2v) is 9.31. The van der Waals surface area contributed by atoms with Crippen LogP contribution in [0.1, 0.15) is 123 Å². The number of hydrogen-bond acceptors (Lipinski definition) is 7. The van der Waals surface area contributed by atoms with Crippen molar-refractivity contribution in [1.29, 1.82) is 0 Å². The number of carbonyl (C=O) groups excluding carboxylic acids is 1. The minimum Gasteiger partial charge on any atom is -0.394 e. The third-order valence-electron chi connectivity index (χ3n) is 6.22. The van der Waals surface area contributed by atoms with Gasteiger partial charge in [-0.3, -0.25) is 0 Å². The zero-order chi connectivity index (χ0) is 33.5. The van der Waals surface area contributed by atoms with Crippen molar-refractivity contribution in [3.8, 4) is 0 Å². The third kappa shape index (κ3) is 21.4. The molecule has 248 valence electrons. The van der Waals surface area contributed by atoms with Crippen LogP contribution in [0.25, 0.3) is 5.57 Å². The van der Waals surface area contributed by atoms with Crippen molar-refractivity contribution >= 4 is 18.0 Å². The number of aryl methyl sites for hydroxylation is 1. The molecule has 0 radical (unpaired) electrons. The molecule has 1 aromatic rings. The Kier molecular flexibility index (Phi) is 36.8. The highest BCUT2D eigenvalue weighted by atomic mass is 19.3. The van der Waals surface area contributed by atoms with Gasteiger partial charge < -0.3 is 38.4 Å². The van der Waals surface area contributed by atoms with E-state index >= 15 is 0 Å². The molecule has 10 N–H and O–H groups in total. The summed E-state index contributed by atoms with van der Waals surface area (Å²) < 4.78 is 27.5. The van der Waals surface area contributed by atoms with Gasteiger partial charge in [0, 0.05) is 18.3 Å². The van der Waals surface area contributed by atoms with Crippen molar-refractivity contribution in [2.75, 3.05) is 32.0 Å². The summed E-state index contributed by atoms with van der Waals surface area (Å²) in [4.78, 5) is 8.00. The lowest BCUT2D eigenvalue weighted by molar-refractivity contribution is -0.0980. The van der Waals surface area contributed by atoms with E-state index in [0.29, 0.717) is 11.3 Å². The number of hydrogen-bond donors (Lipinski definition) is 6. The molecule has 0 aromatic heterocycles. The van der Waals surface area contributed by atoms with Crippen molar-refractivity contribution in [3.63, 3.8) is 0 Å². The molecule has 7 nitrogen and oxygen atoms in total. The predicted molar refractivity (Wildman–Crippen MR) is 183 cm³/mol. The number of rotatable bonds is 15. The van der Waals surface area contributed by atoms with Crippen LogP contribution in [0.5, 0.6) is 0 Å². The minimum absolute atomic E-state index is 0.0291.